The van der Waals surface area contributed by atoms with Crippen LogP contribution in [0.5, 0.6) is 11.5 Å². The maximum absolute atomic E-state index is 12.8. The number of carbonyl (C=O) groups excluding carboxylic acids is 1. The first-order valence-electron chi connectivity index (χ1n) is 11.4. The lowest BCUT2D eigenvalue weighted by Crippen LogP contribution is -2.37. The Kier molecular flexibility index (Phi) is 6.63. The number of fused-ring (bicyclic) bond motifs is 4. The molecular formula is C27H24BrNO6. The Morgan fingerprint density at radius 3 is 2.43 bits per heavy atom. The number of nitrogens with one attached hydrogen (secondary N) is 1. The summed E-state index contributed by atoms with van der Waals surface area (Å²) in [5.41, 5.74) is 5.47. The van der Waals surface area contributed by atoms with Crippen molar-refractivity contribution in [2.24, 2.45) is 0 Å². The quantitative estimate of drug-likeness (QED) is 0.394. The molecule has 3 aromatic rings. The van der Waals surface area contributed by atoms with Gasteiger partial charge in [-0.1, -0.05) is 48.5 Å². The Hall–Kier alpha value is -3.52. The molecular weight excluding hydrogens is 514 g/mol. The minimum absolute atomic E-state index is 0.0459. The minimum atomic E-state index is -0.920. The van der Waals surface area contributed by atoms with Gasteiger partial charge in [0, 0.05) is 18.4 Å². The van der Waals surface area contributed by atoms with Crippen molar-refractivity contribution in [3.63, 3.8) is 0 Å². The van der Waals surface area contributed by atoms with Crippen LogP contribution in [0.3, 0.4) is 0 Å². The van der Waals surface area contributed by atoms with Gasteiger partial charge in [-0.15, -0.1) is 0 Å². The van der Waals surface area contributed by atoms with Gasteiger partial charge in [0.15, 0.2) is 11.5 Å². The van der Waals surface area contributed by atoms with Gasteiger partial charge in [-0.25, -0.2) is 4.79 Å². The van der Waals surface area contributed by atoms with Crippen molar-refractivity contribution in [1.82, 2.24) is 5.32 Å². The van der Waals surface area contributed by atoms with Crippen LogP contribution in [0.25, 0.3) is 11.1 Å². The molecule has 0 spiro atoms. The molecule has 2 N–H and O–H groups in total. The minimum Gasteiger partial charge on any atom is -0.481 e. The van der Waals surface area contributed by atoms with Crippen LogP contribution in [0, 0.1) is 0 Å². The molecule has 1 aliphatic carbocycles. The van der Waals surface area contributed by atoms with E-state index in [2.05, 4.69) is 45.5 Å². The highest BCUT2D eigenvalue weighted by Gasteiger charge is 2.29. The fraction of sp³-hybridized carbons (Fsp3) is 0.259. The first-order chi connectivity index (χ1) is 17.0. The average Bonchev–Trinajstić information content (AvgIpc) is 3.44. The topological polar surface area (TPSA) is 94.1 Å². The fourth-order valence-corrected chi connectivity index (χ4v) is 5.36. The summed E-state index contributed by atoms with van der Waals surface area (Å²) < 4.78 is 17.3. The number of hydrogen-bond acceptors (Lipinski definition) is 5. The largest absolute Gasteiger partial charge is 0.481 e. The Morgan fingerprint density at radius 2 is 1.74 bits per heavy atom. The molecule has 0 aromatic heterocycles. The van der Waals surface area contributed by atoms with Crippen molar-refractivity contribution < 1.29 is 28.9 Å². The molecule has 3 aromatic carbocycles. The second-order valence-corrected chi connectivity index (χ2v) is 9.47. The monoisotopic (exact) mass is 537 g/mol. The highest BCUT2D eigenvalue weighted by molar-refractivity contribution is 9.10. The van der Waals surface area contributed by atoms with E-state index in [0.717, 1.165) is 32.3 Å². The van der Waals surface area contributed by atoms with E-state index in [4.69, 9.17) is 14.2 Å². The highest BCUT2D eigenvalue weighted by atomic mass is 79.9. The maximum atomic E-state index is 12.8. The normalized spacial score (nSPS) is 14.2. The zero-order valence-corrected chi connectivity index (χ0v) is 20.4. The molecule has 1 atom stereocenters. The zero-order valence-electron chi connectivity index (χ0n) is 18.8. The van der Waals surface area contributed by atoms with Crippen LogP contribution >= 0.6 is 15.9 Å². The van der Waals surface area contributed by atoms with Gasteiger partial charge in [0.1, 0.15) is 6.61 Å². The van der Waals surface area contributed by atoms with E-state index >= 15 is 0 Å². The number of hydrogen-bond donors (Lipinski definition) is 2. The molecule has 2 aliphatic rings. The van der Waals surface area contributed by atoms with Crippen LogP contribution in [0.1, 0.15) is 35.4 Å². The van der Waals surface area contributed by atoms with E-state index in [-0.39, 0.29) is 32.2 Å². The number of ether oxygens (including phenoxy) is 3. The summed E-state index contributed by atoms with van der Waals surface area (Å²) in [6.45, 7) is 0.346. The highest BCUT2D eigenvalue weighted by Crippen LogP contribution is 2.44. The van der Waals surface area contributed by atoms with Gasteiger partial charge in [0.2, 0.25) is 6.79 Å². The Balaban J connectivity index is 1.27. The van der Waals surface area contributed by atoms with Crippen molar-refractivity contribution in [3.8, 4) is 22.6 Å². The second-order valence-electron chi connectivity index (χ2n) is 8.61. The molecule has 5 rings (SSSR count). The molecule has 0 saturated heterocycles. The summed E-state index contributed by atoms with van der Waals surface area (Å²) in [5, 5.41) is 12.0. The summed E-state index contributed by atoms with van der Waals surface area (Å²) in [7, 11) is 0. The Labute approximate surface area is 211 Å². The van der Waals surface area contributed by atoms with E-state index in [1.807, 2.05) is 36.4 Å². The predicted octanol–water partition coefficient (Wildman–Crippen LogP) is 5.49. The van der Waals surface area contributed by atoms with E-state index in [1.165, 1.54) is 0 Å². The molecule has 1 heterocycles. The lowest BCUT2D eigenvalue weighted by Gasteiger charge is -2.20. The van der Waals surface area contributed by atoms with Gasteiger partial charge < -0.3 is 24.6 Å². The molecule has 0 saturated carbocycles. The number of carboxylic acid groups (broad SMARTS) is 1. The maximum Gasteiger partial charge on any atom is 0.407 e. The first kappa shape index (κ1) is 23.2. The molecule has 35 heavy (non-hydrogen) atoms. The van der Waals surface area contributed by atoms with Crippen LogP contribution in [0.2, 0.25) is 0 Å². The molecule has 0 fully saturated rings. The van der Waals surface area contributed by atoms with Gasteiger partial charge in [0.05, 0.1) is 4.47 Å². The molecule has 7 nitrogen and oxygen atoms in total. The van der Waals surface area contributed by atoms with Gasteiger partial charge in [0.25, 0.3) is 0 Å². The number of amides is 1. The van der Waals surface area contributed by atoms with Crippen LogP contribution in [-0.2, 0) is 16.0 Å². The van der Waals surface area contributed by atoms with Crippen LogP contribution in [-0.4, -0.2) is 36.6 Å². The van der Waals surface area contributed by atoms with Crippen molar-refractivity contribution in [2.75, 3.05) is 13.4 Å². The standard InChI is InChI=1S/C27H24BrNO6/c28-23-12-16(13-24-26(23)35-15-34-24)11-17(9-10-25(30)31)29-27(32)33-14-22-20-7-3-1-5-18(20)19-6-2-4-8-21(19)22/h1-8,12-13,17,22H,9-11,14-15H2,(H,29,32)(H,30,31). The lowest BCUT2D eigenvalue weighted by atomic mass is 9.98. The van der Waals surface area contributed by atoms with E-state index in [0.29, 0.717) is 17.9 Å². The molecule has 0 radical (unpaired) electrons. The molecule has 1 amide bonds. The number of carboxylic acids is 1. The first-order valence-corrected chi connectivity index (χ1v) is 12.2. The third kappa shape index (κ3) is 4.98. The molecule has 1 unspecified atom stereocenters. The van der Waals surface area contributed by atoms with Crippen molar-refractivity contribution >= 4 is 28.0 Å². The number of aliphatic carboxylic acids is 1. The van der Waals surface area contributed by atoms with Crippen molar-refractivity contribution in [1.29, 1.82) is 0 Å². The second kappa shape index (κ2) is 10.00. The predicted molar refractivity (Wildman–Crippen MR) is 133 cm³/mol. The third-order valence-corrected chi connectivity index (χ3v) is 6.93. The summed E-state index contributed by atoms with van der Waals surface area (Å²) in [6, 6.07) is 19.6. The summed E-state index contributed by atoms with van der Waals surface area (Å²) in [4.78, 5) is 24.0. The summed E-state index contributed by atoms with van der Waals surface area (Å²) >= 11 is 3.48. The van der Waals surface area contributed by atoms with Crippen molar-refractivity contribution in [3.05, 3.63) is 81.8 Å². The number of benzene rings is 3. The van der Waals surface area contributed by atoms with E-state index in [9.17, 15) is 14.7 Å². The SMILES string of the molecule is O=C(O)CCC(Cc1cc(Br)c2c(c1)OCO2)NC(=O)OCC1c2ccccc2-c2ccccc21. The molecule has 1 aliphatic heterocycles. The average molecular weight is 538 g/mol. The fourth-order valence-electron chi connectivity index (χ4n) is 4.75. The number of rotatable bonds is 8. The Bertz CT molecular complexity index is 1230. The molecule has 180 valence electrons. The third-order valence-electron chi connectivity index (χ3n) is 6.34. The van der Waals surface area contributed by atoms with Crippen LogP contribution in [0.4, 0.5) is 4.79 Å². The lowest BCUT2D eigenvalue weighted by molar-refractivity contribution is -0.137. The Morgan fingerprint density at radius 1 is 1.06 bits per heavy atom. The molecule has 0 bridgehead atoms. The van der Waals surface area contributed by atoms with Gasteiger partial charge in [-0.2, -0.15) is 0 Å². The van der Waals surface area contributed by atoms with Crippen LogP contribution in [0.15, 0.2) is 65.1 Å². The van der Waals surface area contributed by atoms with Gasteiger partial charge in [-0.3, -0.25) is 4.79 Å². The van der Waals surface area contributed by atoms with Crippen molar-refractivity contribution in [2.45, 2.75) is 31.2 Å². The van der Waals surface area contributed by atoms with Gasteiger partial charge in [-0.05, 0) is 68.7 Å². The van der Waals surface area contributed by atoms with E-state index in [1.54, 1.807) is 0 Å². The zero-order chi connectivity index (χ0) is 24.4. The van der Waals surface area contributed by atoms with Crippen LogP contribution < -0.4 is 14.8 Å². The summed E-state index contributed by atoms with van der Waals surface area (Å²) in [5.74, 6) is 0.291. The number of carbonyl (C=O) groups is 2. The smallest absolute Gasteiger partial charge is 0.407 e. The van der Waals surface area contributed by atoms with E-state index < -0.39 is 18.1 Å². The van der Waals surface area contributed by atoms with Gasteiger partial charge >= 0.3 is 12.1 Å². The summed E-state index contributed by atoms with van der Waals surface area (Å²) in [6.07, 6.45) is 0.0558. The number of alkyl carbamates (subject to hydrolysis) is 1. The molecule has 8 heteroatoms. The number of halogens is 1.